The Morgan fingerprint density at radius 1 is 0.773 bits per heavy atom. The Morgan fingerprint density at radius 3 is 2.01 bits per heavy atom. The van der Waals surface area contributed by atoms with E-state index in [2.05, 4.69) is 41.7 Å². The lowest BCUT2D eigenvalue weighted by atomic mass is 9.89. The van der Waals surface area contributed by atoms with Crippen molar-refractivity contribution < 1.29 is 62.2 Å². The summed E-state index contributed by atoms with van der Waals surface area (Å²) in [4.78, 5) is 136. The molecule has 0 saturated carbocycles. The fraction of sp³-hybridized carbons (Fsp3) is 0.613. The Hall–Kier alpha value is -7.26. The number of aromatic nitrogens is 1. The number of carbonyl (C=O) groups excluding carboxylic acids is 9. The van der Waals surface area contributed by atoms with Crippen molar-refractivity contribution in [1.29, 1.82) is 0 Å². The van der Waals surface area contributed by atoms with Gasteiger partial charge >= 0.3 is 6.03 Å². The van der Waals surface area contributed by atoms with Crippen LogP contribution in [0.1, 0.15) is 117 Å². The van der Waals surface area contributed by atoms with Crippen molar-refractivity contribution >= 4 is 70.3 Å². The third kappa shape index (κ3) is 21.5. The first-order chi connectivity index (χ1) is 41.8. The summed E-state index contributed by atoms with van der Waals surface area (Å²) in [6.07, 6.45) is 3.13. The molecule has 3 aromatic rings. The van der Waals surface area contributed by atoms with Gasteiger partial charge in [0.05, 0.1) is 42.7 Å². The van der Waals surface area contributed by atoms with Crippen LogP contribution in [0.4, 0.5) is 10.5 Å². The van der Waals surface area contributed by atoms with Crippen molar-refractivity contribution in [2.75, 3.05) is 59.9 Å². The molecule has 1 saturated heterocycles. The number of primary amides is 1. The topological polar surface area (TPSA) is 337 Å². The molecule has 4 rings (SSSR count). The lowest BCUT2D eigenvalue weighted by molar-refractivity contribution is -0.149. The highest BCUT2D eigenvalue weighted by atomic mass is 32.1. The van der Waals surface area contributed by atoms with E-state index in [1.807, 2.05) is 70.3 Å². The van der Waals surface area contributed by atoms with Crippen LogP contribution in [0, 0.1) is 29.6 Å². The maximum absolute atomic E-state index is 14.8. The van der Waals surface area contributed by atoms with Crippen molar-refractivity contribution in [2.45, 2.75) is 162 Å². The molecule has 11 atom stereocenters. The molecule has 1 aliphatic heterocycles. The summed E-state index contributed by atoms with van der Waals surface area (Å²) in [5, 5.41) is 19.3. The van der Waals surface area contributed by atoms with Crippen LogP contribution < -0.4 is 48.3 Å². The van der Waals surface area contributed by atoms with E-state index in [9.17, 15) is 43.2 Å². The third-order valence-electron chi connectivity index (χ3n) is 16.1. The van der Waals surface area contributed by atoms with Crippen LogP contribution >= 0.6 is 11.3 Å². The molecule has 0 bridgehead atoms. The zero-order chi connectivity index (χ0) is 65.4. The molecule has 1 fully saturated rings. The van der Waals surface area contributed by atoms with Gasteiger partial charge in [0.25, 0.3) is 5.91 Å². The zero-order valence-electron chi connectivity index (χ0n) is 53.4. The molecule has 88 heavy (non-hydrogen) atoms. The normalized spacial score (nSPS) is 16.6. The van der Waals surface area contributed by atoms with E-state index >= 15 is 0 Å². The average Bonchev–Trinajstić information content (AvgIpc) is 2.41. The first kappa shape index (κ1) is 73.2. The van der Waals surface area contributed by atoms with E-state index in [0.29, 0.717) is 37.9 Å². The Morgan fingerprint density at radius 2 is 1.44 bits per heavy atom. The Kier molecular flexibility index (Phi) is 30.2. The Labute approximate surface area is 522 Å². The van der Waals surface area contributed by atoms with Crippen LogP contribution in [0.25, 0.3) is 0 Å². The molecule has 0 spiro atoms. The predicted molar refractivity (Wildman–Crippen MR) is 334 cm³/mol. The number of nitrogens with zero attached hydrogens (tertiary/aromatic N) is 4. The molecule has 488 valence electrons. The van der Waals surface area contributed by atoms with Gasteiger partial charge in [-0.2, -0.15) is 0 Å². The highest BCUT2D eigenvalue weighted by Crippen LogP contribution is 2.31. The number of likely N-dealkylation sites (N-methyl/N-ethyl adjacent to an activating group) is 2. The van der Waals surface area contributed by atoms with Gasteiger partial charge in [-0.05, 0) is 85.6 Å². The van der Waals surface area contributed by atoms with E-state index in [0.717, 1.165) is 10.6 Å². The standard InChI is InChI=1S/C62H96N12O13S/c1-14-39(8)54(47(84-12)33-49(76)74-30-19-23-46(74)55(85-13)40(9)56(78)69-45(60-65-29-31-88-60)32-41-20-16-15-17-21-41)73(11)61(82)52(37(4)5)71-59(81)53(38(6)7)72(10)50(77)35-86-43-26-24-42(25-27-43)67-57(79)44(22-18-28-66-62(63)83)68-58(80)51(36(2)3)70-48(75)34-87-64/h15-17,20-21,24-27,29,31,36-40,44-47,51-55H,14,18-19,22-23,28,30,32-35,64H2,1-13H3,(H,67,79)(H,68,80)(H,69,78)(H,70,75)(H,71,81)(H3,63,66,83)/t39-,40+,44-,45-,46-,47+,51?,52-,53?,54-,55+/m0/s1. The van der Waals surface area contributed by atoms with Crippen molar-refractivity contribution in [3.8, 4) is 5.75 Å². The number of anilines is 1. The predicted octanol–water partition coefficient (Wildman–Crippen LogP) is 4.07. The monoisotopic (exact) mass is 1250 g/mol. The molecule has 2 aromatic carbocycles. The van der Waals surface area contributed by atoms with Crippen LogP contribution in [0.2, 0.25) is 0 Å². The molecular formula is C62H96N12O13S. The van der Waals surface area contributed by atoms with Crippen LogP contribution in [-0.4, -0.2) is 176 Å². The fourth-order valence-electron chi connectivity index (χ4n) is 11.1. The largest absolute Gasteiger partial charge is 0.484 e. The molecule has 10 amide bonds. The number of methoxy groups -OCH3 is 2. The number of ether oxygens (including phenoxy) is 3. The second-order valence-electron chi connectivity index (χ2n) is 23.5. The smallest absolute Gasteiger partial charge is 0.312 e. The number of nitrogens with one attached hydrogen (secondary N) is 6. The summed E-state index contributed by atoms with van der Waals surface area (Å²) in [6.45, 7) is 16.0. The molecule has 1 aromatic heterocycles. The quantitative estimate of drug-likeness (QED) is 0.0301. The van der Waals surface area contributed by atoms with Crippen LogP contribution in [0.5, 0.6) is 5.75 Å². The number of thiazole rings is 1. The summed E-state index contributed by atoms with van der Waals surface area (Å²) in [7, 11) is 6.21. The fourth-order valence-corrected chi connectivity index (χ4v) is 11.8. The first-order valence-electron chi connectivity index (χ1n) is 30.2. The summed E-state index contributed by atoms with van der Waals surface area (Å²) in [5.74, 6) is -0.478. The van der Waals surface area contributed by atoms with Gasteiger partial charge in [0.1, 0.15) is 41.5 Å². The van der Waals surface area contributed by atoms with Crippen molar-refractivity contribution in [1.82, 2.24) is 46.3 Å². The first-order valence-corrected chi connectivity index (χ1v) is 31.1. The minimum absolute atomic E-state index is 0.0677. The number of urea groups is 1. The van der Waals surface area contributed by atoms with E-state index in [4.69, 9.17) is 25.8 Å². The zero-order valence-corrected chi connectivity index (χ0v) is 54.2. The highest BCUT2D eigenvalue weighted by molar-refractivity contribution is 7.09. The number of hydrogen-bond acceptors (Lipinski definition) is 16. The Bertz CT molecular complexity index is 2720. The number of benzene rings is 2. The van der Waals surface area contributed by atoms with Crippen LogP contribution in [0.15, 0.2) is 66.2 Å². The number of rotatable bonds is 36. The summed E-state index contributed by atoms with van der Waals surface area (Å²) in [6, 6.07) is 9.66. The van der Waals surface area contributed by atoms with Crippen molar-refractivity contribution in [3.05, 3.63) is 76.7 Å². The van der Waals surface area contributed by atoms with Gasteiger partial charge in [-0.3, -0.25) is 43.2 Å². The maximum atomic E-state index is 14.8. The molecule has 26 heteroatoms. The minimum atomic E-state index is -1.10. The van der Waals surface area contributed by atoms with Gasteiger partial charge < -0.3 is 66.5 Å². The van der Waals surface area contributed by atoms with E-state index in [1.54, 1.807) is 57.8 Å². The number of amides is 10. The molecule has 0 radical (unpaired) electrons. The lowest BCUT2D eigenvalue weighted by Gasteiger charge is -2.41. The molecular weight excluding hydrogens is 1150 g/mol. The maximum Gasteiger partial charge on any atom is 0.312 e. The van der Waals surface area contributed by atoms with E-state index in [-0.39, 0.29) is 61.2 Å². The van der Waals surface area contributed by atoms with Crippen LogP contribution in [-0.2, 0) is 59.1 Å². The number of nitrogens with two attached hydrogens (primary N) is 2. The molecule has 25 nitrogen and oxygen atoms in total. The van der Waals surface area contributed by atoms with Gasteiger partial charge in [0, 0.05) is 58.7 Å². The summed E-state index contributed by atoms with van der Waals surface area (Å²) in [5.41, 5.74) is 6.56. The SMILES string of the molecule is CC[C@H](C)[C@@H]([C@@H](CC(=O)N1CCC[C@H]1[C@H](OC)[C@@H](C)C(=O)N[C@@H](Cc1ccccc1)c1nccs1)OC)N(C)C(=O)[C@@H](NC(=O)C(C(C)C)N(C)C(=O)COc1ccc(NC(=O)[C@H](CCCNC(N)=O)NC(=O)C(NC(=O)CON)C(C)C)cc1)C(C)C. The van der Waals surface area contributed by atoms with Crippen molar-refractivity contribution in [3.63, 3.8) is 0 Å². The lowest BCUT2D eigenvalue weighted by Crippen LogP contribution is -2.60. The minimum Gasteiger partial charge on any atom is -0.484 e. The summed E-state index contributed by atoms with van der Waals surface area (Å²) < 4.78 is 18.0. The number of likely N-dealkylation sites (tertiary alicyclic amines) is 1. The summed E-state index contributed by atoms with van der Waals surface area (Å²) >= 11 is 1.47. The average molecular weight is 1250 g/mol. The van der Waals surface area contributed by atoms with E-state index < -0.39 is 121 Å². The molecule has 1 aliphatic rings. The van der Waals surface area contributed by atoms with Crippen LogP contribution in [0.3, 0.4) is 0 Å². The van der Waals surface area contributed by atoms with Gasteiger partial charge in [-0.1, -0.05) is 99.1 Å². The van der Waals surface area contributed by atoms with Crippen molar-refractivity contribution in [2.24, 2.45) is 41.2 Å². The van der Waals surface area contributed by atoms with Gasteiger partial charge in [-0.25, -0.2) is 15.7 Å². The van der Waals surface area contributed by atoms with Gasteiger partial charge in [-0.15, -0.1) is 11.3 Å². The number of carbonyl (C=O) groups is 9. The molecule has 0 aliphatic carbocycles. The molecule has 2 unspecified atom stereocenters. The molecule has 2 heterocycles. The second kappa shape index (κ2) is 36.3. The Balaban J connectivity index is 1.42. The molecule has 10 N–H and O–H groups in total. The van der Waals surface area contributed by atoms with Gasteiger partial charge in [0.2, 0.25) is 41.4 Å². The van der Waals surface area contributed by atoms with E-state index in [1.165, 1.54) is 54.7 Å². The second-order valence-corrected chi connectivity index (χ2v) is 24.5. The number of hydrogen-bond donors (Lipinski definition) is 8. The van der Waals surface area contributed by atoms with Gasteiger partial charge in [0.15, 0.2) is 6.61 Å². The highest BCUT2D eigenvalue weighted by Gasteiger charge is 2.44. The third-order valence-corrected chi connectivity index (χ3v) is 17.0.